The number of ether oxygens (including phenoxy) is 1. The van der Waals surface area contributed by atoms with Gasteiger partial charge in [0.2, 0.25) is 0 Å². The average Bonchev–Trinajstić information content (AvgIpc) is 3.00. The summed E-state index contributed by atoms with van der Waals surface area (Å²) in [4.78, 5) is 16.8. The summed E-state index contributed by atoms with van der Waals surface area (Å²) in [5.74, 6) is 0.0345. The van der Waals surface area contributed by atoms with Gasteiger partial charge in [-0.15, -0.1) is 10.2 Å². The van der Waals surface area contributed by atoms with E-state index in [9.17, 15) is 9.18 Å². The van der Waals surface area contributed by atoms with Crippen molar-refractivity contribution in [2.45, 2.75) is 13.5 Å². The van der Waals surface area contributed by atoms with Crippen LogP contribution in [0.4, 0.5) is 10.3 Å². The van der Waals surface area contributed by atoms with Gasteiger partial charge in [0.15, 0.2) is 5.65 Å². The molecule has 136 valence electrons. The molecule has 0 spiro atoms. The molecule has 0 unspecified atom stereocenters. The molecule has 0 radical (unpaired) electrons. The molecule has 0 aliphatic rings. The summed E-state index contributed by atoms with van der Waals surface area (Å²) in [6.45, 7) is 2.58. The van der Waals surface area contributed by atoms with E-state index in [2.05, 4.69) is 20.5 Å². The lowest BCUT2D eigenvalue weighted by Crippen LogP contribution is -2.15. The van der Waals surface area contributed by atoms with Gasteiger partial charge in [-0.25, -0.2) is 4.39 Å². The molecule has 4 aromatic rings. The molecule has 8 heteroatoms. The molecule has 4 rings (SSSR count). The quantitative estimate of drug-likeness (QED) is 0.599. The van der Waals surface area contributed by atoms with E-state index in [1.165, 1.54) is 12.1 Å². The monoisotopic (exact) mass is 365 g/mol. The molecule has 0 aliphatic carbocycles. The smallest absolute Gasteiger partial charge is 0.258 e. The van der Waals surface area contributed by atoms with Gasteiger partial charge in [-0.3, -0.25) is 10.1 Å². The zero-order chi connectivity index (χ0) is 19.0. The summed E-state index contributed by atoms with van der Waals surface area (Å²) in [5.41, 5.74) is 2.29. The Bertz CT molecular complexity index is 1150. The van der Waals surface area contributed by atoms with Crippen molar-refractivity contribution >= 4 is 33.9 Å². The van der Waals surface area contributed by atoms with Gasteiger partial charge in [-0.05, 0) is 49.4 Å². The first-order valence-electron chi connectivity index (χ1n) is 8.38. The number of nitrogens with zero attached hydrogens (tertiary/aromatic N) is 4. The first-order chi connectivity index (χ1) is 13.1. The topological polar surface area (TPSA) is 81.9 Å². The van der Waals surface area contributed by atoms with Crippen LogP contribution in [0.3, 0.4) is 0 Å². The van der Waals surface area contributed by atoms with Crippen LogP contribution in [-0.2, 0) is 6.54 Å². The van der Waals surface area contributed by atoms with Crippen molar-refractivity contribution in [2.75, 3.05) is 12.4 Å². The number of carbonyl (C=O) groups excluding carboxylic acids is 1. The number of hydrogen-bond donors (Lipinski definition) is 1. The van der Waals surface area contributed by atoms with Crippen molar-refractivity contribution in [2.24, 2.45) is 0 Å². The molecule has 1 N–H and O–H groups in total. The number of nitrogens with one attached hydrogen (secondary N) is 1. The molecule has 7 nitrogen and oxygen atoms in total. The number of anilines is 1. The maximum atomic E-state index is 13.6. The Labute approximate surface area is 153 Å². The van der Waals surface area contributed by atoms with Gasteiger partial charge in [0.05, 0.1) is 12.6 Å². The van der Waals surface area contributed by atoms with Crippen molar-refractivity contribution in [1.82, 2.24) is 19.7 Å². The standard InChI is InChI=1S/C19H16FN5O2/c1-3-25-15-9-6-12(20)10-14(15)16-17(25)21-19(24-23-16)22-18(26)11-4-7-13(27-2)8-5-11/h4-10H,3H2,1-2H3,(H,21,22,24,26). The number of aromatic nitrogens is 4. The zero-order valence-electron chi connectivity index (χ0n) is 14.7. The van der Waals surface area contributed by atoms with Crippen LogP contribution in [0, 0.1) is 5.82 Å². The van der Waals surface area contributed by atoms with E-state index in [0.717, 1.165) is 5.52 Å². The molecule has 2 aromatic carbocycles. The molecule has 0 aliphatic heterocycles. The largest absolute Gasteiger partial charge is 0.497 e. The number of rotatable bonds is 4. The maximum Gasteiger partial charge on any atom is 0.258 e. The Hall–Kier alpha value is -3.55. The van der Waals surface area contributed by atoms with Crippen LogP contribution in [-0.4, -0.2) is 32.8 Å². The number of hydrogen-bond acceptors (Lipinski definition) is 5. The first kappa shape index (κ1) is 16.9. The number of benzene rings is 2. The van der Waals surface area contributed by atoms with Gasteiger partial charge in [0, 0.05) is 17.5 Å². The van der Waals surface area contributed by atoms with E-state index in [1.807, 2.05) is 11.5 Å². The molecule has 27 heavy (non-hydrogen) atoms. The minimum Gasteiger partial charge on any atom is -0.497 e. The first-order valence-corrected chi connectivity index (χ1v) is 8.38. The van der Waals surface area contributed by atoms with E-state index >= 15 is 0 Å². The summed E-state index contributed by atoms with van der Waals surface area (Å²) in [5, 5.41) is 11.4. The van der Waals surface area contributed by atoms with E-state index in [1.54, 1.807) is 37.4 Å². The van der Waals surface area contributed by atoms with Crippen LogP contribution < -0.4 is 10.1 Å². The second-order valence-corrected chi connectivity index (χ2v) is 5.90. The lowest BCUT2D eigenvalue weighted by Gasteiger charge is -2.05. The number of halogens is 1. The molecular formula is C19H16FN5O2. The van der Waals surface area contributed by atoms with Gasteiger partial charge in [0.25, 0.3) is 11.9 Å². The van der Waals surface area contributed by atoms with Gasteiger partial charge in [0.1, 0.15) is 17.1 Å². The van der Waals surface area contributed by atoms with Crippen molar-refractivity contribution in [3.05, 3.63) is 53.8 Å². The Morgan fingerprint density at radius 1 is 1.19 bits per heavy atom. The summed E-state index contributed by atoms with van der Waals surface area (Å²) < 4.78 is 20.6. The summed E-state index contributed by atoms with van der Waals surface area (Å²) in [7, 11) is 1.56. The molecule has 0 atom stereocenters. The van der Waals surface area contributed by atoms with Crippen molar-refractivity contribution in [1.29, 1.82) is 0 Å². The second kappa shape index (κ2) is 6.64. The predicted molar refractivity (Wildman–Crippen MR) is 99.4 cm³/mol. The van der Waals surface area contributed by atoms with Crippen LogP contribution in [0.25, 0.3) is 22.1 Å². The highest BCUT2D eigenvalue weighted by atomic mass is 19.1. The molecular weight excluding hydrogens is 349 g/mol. The fourth-order valence-corrected chi connectivity index (χ4v) is 3.02. The molecule has 0 saturated heterocycles. The van der Waals surface area contributed by atoms with Crippen LogP contribution in [0.2, 0.25) is 0 Å². The number of carbonyl (C=O) groups is 1. The average molecular weight is 365 g/mol. The lowest BCUT2D eigenvalue weighted by atomic mass is 10.2. The number of aryl methyl sites for hydroxylation is 1. The Morgan fingerprint density at radius 2 is 1.96 bits per heavy atom. The van der Waals surface area contributed by atoms with Crippen molar-refractivity contribution < 1.29 is 13.9 Å². The van der Waals surface area contributed by atoms with E-state index < -0.39 is 0 Å². The third-order valence-corrected chi connectivity index (χ3v) is 4.32. The van der Waals surface area contributed by atoms with E-state index in [0.29, 0.717) is 34.4 Å². The second-order valence-electron chi connectivity index (χ2n) is 5.90. The van der Waals surface area contributed by atoms with Crippen molar-refractivity contribution in [3.8, 4) is 5.75 Å². The highest BCUT2D eigenvalue weighted by Gasteiger charge is 2.16. The van der Waals surface area contributed by atoms with Gasteiger partial charge < -0.3 is 9.30 Å². The zero-order valence-corrected chi connectivity index (χ0v) is 14.7. The summed E-state index contributed by atoms with van der Waals surface area (Å²) in [6, 6.07) is 11.2. The van der Waals surface area contributed by atoms with Gasteiger partial charge in [-0.2, -0.15) is 4.98 Å². The highest BCUT2D eigenvalue weighted by molar-refractivity contribution is 6.06. The Kier molecular flexibility index (Phi) is 4.15. The normalized spacial score (nSPS) is 11.1. The van der Waals surface area contributed by atoms with Crippen molar-refractivity contribution in [3.63, 3.8) is 0 Å². The molecule has 1 amide bonds. The molecule has 0 saturated carbocycles. The number of fused-ring (bicyclic) bond motifs is 3. The molecule has 0 fully saturated rings. The van der Waals surface area contributed by atoms with E-state index in [-0.39, 0.29) is 17.7 Å². The number of amides is 1. The fourth-order valence-electron chi connectivity index (χ4n) is 3.02. The minimum absolute atomic E-state index is 0.0845. The van der Waals surface area contributed by atoms with E-state index in [4.69, 9.17) is 4.74 Å². The maximum absolute atomic E-state index is 13.6. The van der Waals surface area contributed by atoms with Crippen LogP contribution in [0.15, 0.2) is 42.5 Å². The fraction of sp³-hybridized carbons (Fsp3) is 0.158. The SMILES string of the molecule is CCn1c2ccc(F)cc2c2nnc(NC(=O)c3ccc(OC)cc3)nc21. The number of methoxy groups -OCH3 is 1. The third kappa shape index (κ3) is 2.95. The summed E-state index contributed by atoms with van der Waals surface area (Å²) >= 11 is 0. The third-order valence-electron chi connectivity index (χ3n) is 4.32. The predicted octanol–water partition coefficient (Wildman–Crippen LogP) is 3.40. The van der Waals surface area contributed by atoms with Gasteiger partial charge >= 0.3 is 0 Å². The van der Waals surface area contributed by atoms with Gasteiger partial charge in [-0.1, -0.05) is 0 Å². The summed E-state index contributed by atoms with van der Waals surface area (Å²) in [6.07, 6.45) is 0. The van der Waals surface area contributed by atoms with Crippen LogP contribution in [0.5, 0.6) is 5.75 Å². The Morgan fingerprint density at radius 3 is 2.67 bits per heavy atom. The Balaban J connectivity index is 1.72. The molecule has 2 aromatic heterocycles. The molecule has 0 bridgehead atoms. The minimum atomic E-state index is -0.357. The van der Waals surface area contributed by atoms with Crippen LogP contribution >= 0.6 is 0 Å². The lowest BCUT2D eigenvalue weighted by molar-refractivity contribution is 0.102. The molecule has 2 heterocycles. The van der Waals surface area contributed by atoms with Crippen LogP contribution in [0.1, 0.15) is 17.3 Å². The highest BCUT2D eigenvalue weighted by Crippen LogP contribution is 2.27.